The number of para-hydroxylation sites is 3. The normalized spacial score (nSPS) is 11.8. The van der Waals surface area contributed by atoms with Gasteiger partial charge in [-0.25, -0.2) is 4.98 Å². The zero-order valence-electron chi connectivity index (χ0n) is 21.9. The molecule has 1 heterocycles. The molecule has 0 saturated heterocycles. The van der Waals surface area contributed by atoms with Gasteiger partial charge in [-0.3, -0.25) is 4.79 Å². The molecule has 0 bridgehead atoms. The van der Waals surface area contributed by atoms with Crippen molar-refractivity contribution in [3.63, 3.8) is 0 Å². The molecule has 0 aliphatic rings. The summed E-state index contributed by atoms with van der Waals surface area (Å²) in [5.74, 6) is 3.02. The standard InChI is InChI=1S/C31H37N3O3/c1-3-24(2)25-15-17-27(18-16-25)36-22-10-9-21-34-29-14-8-7-13-28(29)33-30(34)19-20-32-31(35)23-37-26-11-5-4-6-12-26/h4-8,11-18,24H,3,9-10,19-23H2,1-2H3,(H,32,35). The Morgan fingerprint density at radius 2 is 1.65 bits per heavy atom. The number of nitrogens with one attached hydrogen (secondary N) is 1. The van der Waals surface area contributed by atoms with Crippen LogP contribution in [-0.2, 0) is 17.8 Å². The number of hydrogen-bond acceptors (Lipinski definition) is 4. The van der Waals surface area contributed by atoms with Crippen LogP contribution in [0.4, 0.5) is 0 Å². The first-order valence-corrected chi connectivity index (χ1v) is 13.3. The maximum Gasteiger partial charge on any atom is 0.257 e. The minimum atomic E-state index is -0.138. The number of fused-ring (bicyclic) bond motifs is 1. The van der Waals surface area contributed by atoms with Gasteiger partial charge < -0.3 is 19.4 Å². The zero-order valence-corrected chi connectivity index (χ0v) is 21.9. The lowest BCUT2D eigenvalue weighted by Gasteiger charge is -2.12. The number of hydrogen-bond donors (Lipinski definition) is 1. The van der Waals surface area contributed by atoms with Crippen LogP contribution >= 0.6 is 0 Å². The van der Waals surface area contributed by atoms with Crippen LogP contribution in [-0.4, -0.2) is 35.2 Å². The first kappa shape index (κ1) is 26.3. The molecule has 4 aromatic rings. The van der Waals surface area contributed by atoms with Gasteiger partial charge in [-0.1, -0.05) is 56.3 Å². The summed E-state index contributed by atoms with van der Waals surface area (Å²) in [6.45, 7) is 6.51. The lowest BCUT2D eigenvalue weighted by atomic mass is 9.99. The van der Waals surface area contributed by atoms with E-state index < -0.39 is 0 Å². The summed E-state index contributed by atoms with van der Waals surface area (Å²) in [6, 6.07) is 26.0. The molecule has 3 aromatic carbocycles. The molecule has 37 heavy (non-hydrogen) atoms. The fraction of sp³-hybridized carbons (Fsp3) is 0.355. The van der Waals surface area contributed by atoms with E-state index in [1.165, 1.54) is 5.56 Å². The third kappa shape index (κ3) is 7.59. The number of unbranched alkanes of at least 4 members (excludes halogenated alkanes) is 1. The Kier molecular flexibility index (Phi) is 9.58. The van der Waals surface area contributed by atoms with E-state index in [9.17, 15) is 4.79 Å². The van der Waals surface area contributed by atoms with Crippen LogP contribution in [0.2, 0.25) is 0 Å². The van der Waals surface area contributed by atoms with Crippen LogP contribution in [0.25, 0.3) is 11.0 Å². The second kappa shape index (κ2) is 13.5. The summed E-state index contributed by atoms with van der Waals surface area (Å²) < 4.78 is 13.8. The van der Waals surface area contributed by atoms with E-state index in [1.807, 2.05) is 48.5 Å². The van der Waals surface area contributed by atoms with Gasteiger partial charge in [-0.05, 0) is 67.1 Å². The Hall–Kier alpha value is -3.80. The quantitative estimate of drug-likeness (QED) is 0.212. The molecule has 1 aromatic heterocycles. The first-order valence-electron chi connectivity index (χ1n) is 13.3. The molecular formula is C31H37N3O3. The fourth-order valence-corrected chi connectivity index (χ4v) is 4.29. The monoisotopic (exact) mass is 499 g/mol. The van der Waals surface area contributed by atoms with E-state index >= 15 is 0 Å². The van der Waals surface area contributed by atoms with Gasteiger partial charge >= 0.3 is 0 Å². The third-order valence-electron chi connectivity index (χ3n) is 6.62. The number of benzene rings is 3. The molecule has 194 valence electrons. The number of carbonyl (C=O) groups is 1. The van der Waals surface area contributed by atoms with Gasteiger partial charge in [-0.15, -0.1) is 0 Å². The molecule has 1 N–H and O–H groups in total. The van der Waals surface area contributed by atoms with Crippen LogP contribution in [0.1, 0.15) is 50.4 Å². The Bertz CT molecular complexity index is 1250. The Morgan fingerprint density at radius 1 is 0.919 bits per heavy atom. The van der Waals surface area contributed by atoms with E-state index in [4.69, 9.17) is 14.5 Å². The predicted molar refractivity (Wildman–Crippen MR) is 148 cm³/mol. The predicted octanol–water partition coefficient (Wildman–Crippen LogP) is 6.15. The van der Waals surface area contributed by atoms with Crippen molar-refractivity contribution in [3.8, 4) is 11.5 Å². The lowest BCUT2D eigenvalue weighted by molar-refractivity contribution is -0.123. The van der Waals surface area contributed by atoms with Crippen LogP contribution in [0.5, 0.6) is 11.5 Å². The summed E-state index contributed by atoms with van der Waals surface area (Å²) in [7, 11) is 0. The van der Waals surface area contributed by atoms with Gasteiger partial charge in [0.1, 0.15) is 17.3 Å². The molecular weight excluding hydrogens is 462 g/mol. The highest BCUT2D eigenvalue weighted by Gasteiger charge is 2.11. The average Bonchev–Trinajstić information content (AvgIpc) is 3.29. The summed E-state index contributed by atoms with van der Waals surface area (Å²) in [5, 5.41) is 2.94. The molecule has 0 fully saturated rings. The van der Waals surface area contributed by atoms with Gasteiger partial charge in [-0.2, -0.15) is 0 Å². The minimum absolute atomic E-state index is 0.000780. The van der Waals surface area contributed by atoms with Crippen molar-refractivity contribution >= 4 is 16.9 Å². The van der Waals surface area contributed by atoms with Crippen molar-refractivity contribution in [2.24, 2.45) is 0 Å². The Balaban J connectivity index is 1.24. The fourth-order valence-electron chi connectivity index (χ4n) is 4.29. The van der Waals surface area contributed by atoms with Crippen molar-refractivity contribution in [2.75, 3.05) is 19.8 Å². The SMILES string of the molecule is CCC(C)c1ccc(OCCCCn2c(CCNC(=O)COc3ccccc3)nc3ccccc32)cc1. The molecule has 6 nitrogen and oxygen atoms in total. The molecule has 4 rings (SSSR count). The van der Waals surface area contributed by atoms with Gasteiger partial charge in [0.15, 0.2) is 6.61 Å². The zero-order chi connectivity index (χ0) is 25.9. The number of amides is 1. The Labute approximate surface area is 219 Å². The number of carbonyl (C=O) groups excluding carboxylic acids is 1. The number of rotatable bonds is 14. The maximum atomic E-state index is 12.2. The maximum absolute atomic E-state index is 12.2. The van der Waals surface area contributed by atoms with Gasteiger partial charge in [0, 0.05) is 19.5 Å². The van der Waals surface area contributed by atoms with Crippen LogP contribution < -0.4 is 14.8 Å². The Morgan fingerprint density at radius 3 is 2.43 bits per heavy atom. The number of imidazole rings is 1. The van der Waals surface area contributed by atoms with Crippen molar-refractivity contribution in [1.82, 2.24) is 14.9 Å². The number of aromatic nitrogens is 2. The minimum Gasteiger partial charge on any atom is -0.494 e. The molecule has 6 heteroatoms. The summed E-state index contributed by atoms with van der Waals surface area (Å²) in [4.78, 5) is 17.0. The number of aryl methyl sites for hydroxylation is 1. The van der Waals surface area contributed by atoms with Crippen LogP contribution in [0, 0.1) is 0 Å². The highest BCUT2D eigenvalue weighted by Crippen LogP contribution is 2.22. The largest absolute Gasteiger partial charge is 0.494 e. The average molecular weight is 500 g/mol. The highest BCUT2D eigenvalue weighted by molar-refractivity contribution is 5.77. The van der Waals surface area contributed by atoms with E-state index in [2.05, 4.69) is 54.1 Å². The van der Waals surface area contributed by atoms with Gasteiger partial charge in [0.05, 0.1) is 17.6 Å². The topological polar surface area (TPSA) is 65.4 Å². The molecule has 1 atom stereocenters. The van der Waals surface area contributed by atoms with Crippen LogP contribution in [0.15, 0.2) is 78.9 Å². The number of ether oxygens (including phenoxy) is 2. The smallest absolute Gasteiger partial charge is 0.257 e. The van der Waals surface area contributed by atoms with Crippen LogP contribution in [0.3, 0.4) is 0 Å². The molecule has 0 aliphatic heterocycles. The molecule has 1 unspecified atom stereocenters. The van der Waals surface area contributed by atoms with E-state index in [0.717, 1.165) is 48.4 Å². The van der Waals surface area contributed by atoms with Crippen molar-refractivity contribution in [3.05, 3.63) is 90.3 Å². The van der Waals surface area contributed by atoms with E-state index in [1.54, 1.807) is 0 Å². The second-order valence-electron chi connectivity index (χ2n) is 9.30. The van der Waals surface area contributed by atoms with Crippen molar-refractivity contribution in [2.45, 2.75) is 52.0 Å². The van der Waals surface area contributed by atoms with Crippen molar-refractivity contribution in [1.29, 1.82) is 0 Å². The van der Waals surface area contributed by atoms with Crippen molar-refractivity contribution < 1.29 is 14.3 Å². The van der Waals surface area contributed by atoms with Gasteiger partial charge in [0.2, 0.25) is 0 Å². The summed E-state index contributed by atoms with van der Waals surface area (Å²) >= 11 is 0. The summed E-state index contributed by atoms with van der Waals surface area (Å²) in [6.07, 6.45) is 3.73. The molecule has 0 spiro atoms. The third-order valence-corrected chi connectivity index (χ3v) is 6.62. The molecule has 0 radical (unpaired) electrons. The van der Waals surface area contributed by atoms with E-state index in [-0.39, 0.29) is 12.5 Å². The number of nitrogens with zero attached hydrogens (tertiary/aromatic N) is 2. The molecule has 1 amide bonds. The highest BCUT2D eigenvalue weighted by atomic mass is 16.5. The molecule has 0 saturated carbocycles. The van der Waals surface area contributed by atoms with E-state index in [0.29, 0.717) is 31.2 Å². The second-order valence-corrected chi connectivity index (χ2v) is 9.30. The first-order chi connectivity index (χ1) is 18.1. The molecule has 0 aliphatic carbocycles. The lowest BCUT2D eigenvalue weighted by Crippen LogP contribution is -2.31. The van der Waals surface area contributed by atoms with Gasteiger partial charge in [0.25, 0.3) is 5.91 Å². The summed E-state index contributed by atoms with van der Waals surface area (Å²) in [5.41, 5.74) is 3.46.